The third-order valence-corrected chi connectivity index (χ3v) is 6.94. The van der Waals surface area contributed by atoms with Crippen molar-refractivity contribution in [3.63, 3.8) is 0 Å². The summed E-state index contributed by atoms with van der Waals surface area (Å²) < 4.78 is 11.3. The zero-order chi connectivity index (χ0) is 24.4. The predicted molar refractivity (Wildman–Crippen MR) is 132 cm³/mol. The van der Waals surface area contributed by atoms with E-state index in [-0.39, 0.29) is 17.7 Å². The second-order valence-electron chi connectivity index (χ2n) is 8.32. The molecule has 2 heterocycles. The van der Waals surface area contributed by atoms with Crippen molar-refractivity contribution < 1.29 is 23.5 Å². The van der Waals surface area contributed by atoms with E-state index in [2.05, 4.69) is 5.32 Å². The van der Waals surface area contributed by atoms with Gasteiger partial charge in [0.05, 0.1) is 23.6 Å². The van der Waals surface area contributed by atoms with Gasteiger partial charge in [-0.15, -0.1) is 0 Å². The number of rotatable bonds is 8. The Balaban J connectivity index is 1.54. The molecule has 0 aliphatic heterocycles. The van der Waals surface area contributed by atoms with Crippen molar-refractivity contribution in [3.05, 3.63) is 80.9 Å². The van der Waals surface area contributed by atoms with Crippen LogP contribution in [0.2, 0.25) is 0 Å². The Kier molecular flexibility index (Phi) is 6.79. The van der Waals surface area contributed by atoms with Crippen molar-refractivity contribution in [2.24, 2.45) is 0 Å². The molecule has 1 amide bonds. The fraction of sp³-hybridized carbons (Fsp3) is 0.269. The molecule has 8 heteroatoms. The van der Waals surface area contributed by atoms with E-state index in [4.69, 9.17) is 8.83 Å². The minimum absolute atomic E-state index is 0.185. The van der Waals surface area contributed by atoms with E-state index in [1.165, 1.54) is 11.8 Å². The van der Waals surface area contributed by atoms with Gasteiger partial charge in [-0.25, -0.2) is 9.59 Å². The summed E-state index contributed by atoms with van der Waals surface area (Å²) in [6, 6.07) is 10.4. The number of fused-ring (bicyclic) bond motifs is 3. The molecule has 0 bridgehead atoms. The number of nitrogens with one attached hydrogen (secondary N) is 1. The Morgan fingerprint density at radius 3 is 2.53 bits per heavy atom. The monoisotopic (exact) mass is 479 g/mol. The van der Waals surface area contributed by atoms with Gasteiger partial charge in [-0.1, -0.05) is 30.3 Å². The lowest BCUT2D eigenvalue weighted by Crippen LogP contribution is -2.43. The summed E-state index contributed by atoms with van der Waals surface area (Å²) in [6.07, 6.45) is 1.37. The van der Waals surface area contributed by atoms with Crippen LogP contribution in [-0.2, 0) is 21.8 Å². The maximum absolute atomic E-state index is 12.7. The van der Waals surface area contributed by atoms with Crippen LogP contribution in [0.4, 0.5) is 0 Å². The molecule has 0 fully saturated rings. The van der Waals surface area contributed by atoms with Crippen LogP contribution < -0.4 is 10.9 Å². The summed E-state index contributed by atoms with van der Waals surface area (Å²) in [5, 5.41) is 13.7. The van der Waals surface area contributed by atoms with Crippen molar-refractivity contribution in [1.82, 2.24) is 5.32 Å². The van der Waals surface area contributed by atoms with Gasteiger partial charge in [-0.05, 0) is 49.1 Å². The summed E-state index contributed by atoms with van der Waals surface area (Å²) in [5.74, 6) is -0.848. The fourth-order valence-corrected chi connectivity index (χ4v) is 5.13. The summed E-state index contributed by atoms with van der Waals surface area (Å²) >= 11 is 1.42. The summed E-state index contributed by atoms with van der Waals surface area (Å²) in [5.41, 5.74) is 4.13. The summed E-state index contributed by atoms with van der Waals surface area (Å²) in [4.78, 5) is 37.1. The van der Waals surface area contributed by atoms with Crippen LogP contribution in [0.25, 0.3) is 21.9 Å². The van der Waals surface area contributed by atoms with Gasteiger partial charge >= 0.3 is 11.6 Å². The van der Waals surface area contributed by atoms with Gasteiger partial charge in [0, 0.05) is 16.9 Å². The van der Waals surface area contributed by atoms with Gasteiger partial charge in [-0.3, -0.25) is 4.79 Å². The number of thioether (sulfide) groups is 1. The van der Waals surface area contributed by atoms with Gasteiger partial charge in [0.25, 0.3) is 0 Å². The molecule has 0 radical (unpaired) electrons. The van der Waals surface area contributed by atoms with Crippen molar-refractivity contribution in [1.29, 1.82) is 0 Å². The molecule has 0 aliphatic rings. The Hall–Kier alpha value is -3.52. The second-order valence-corrected chi connectivity index (χ2v) is 9.35. The van der Waals surface area contributed by atoms with E-state index in [1.807, 2.05) is 44.2 Å². The van der Waals surface area contributed by atoms with Gasteiger partial charge in [0.1, 0.15) is 17.2 Å². The van der Waals surface area contributed by atoms with Crippen LogP contribution >= 0.6 is 11.8 Å². The fourth-order valence-electron chi connectivity index (χ4n) is 4.13. The van der Waals surface area contributed by atoms with Crippen molar-refractivity contribution in [2.75, 3.05) is 5.75 Å². The van der Waals surface area contributed by atoms with E-state index in [0.717, 1.165) is 22.1 Å². The standard InChI is InChI=1S/C26H25NO6S/c1-14-9-20-23(24-22(14)15(2)11-32-24)16(3)18(26(31)33-20)10-21(28)27-19(25(29)30)13-34-12-17-7-5-4-6-8-17/h4-9,11,19H,10,12-13H2,1-3H3,(H,27,28)(H,29,30). The number of hydrogen-bond donors (Lipinski definition) is 2. The third-order valence-electron chi connectivity index (χ3n) is 5.83. The molecule has 176 valence electrons. The molecule has 1 unspecified atom stereocenters. The smallest absolute Gasteiger partial charge is 0.340 e. The largest absolute Gasteiger partial charge is 0.480 e. The molecule has 1 atom stereocenters. The van der Waals surface area contributed by atoms with Crippen LogP contribution in [0.1, 0.15) is 27.8 Å². The van der Waals surface area contributed by atoms with Crippen molar-refractivity contribution in [3.8, 4) is 0 Å². The Labute approximate surface area is 200 Å². The minimum Gasteiger partial charge on any atom is -0.480 e. The Bertz CT molecular complexity index is 1440. The molecule has 2 aromatic carbocycles. The molecule has 0 spiro atoms. The highest BCUT2D eigenvalue weighted by molar-refractivity contribution is 7.98. The molecule has 34 heavy (non-hydrogen) atoms. The van der Waals surface area contributed by atoms with E-state index >= 15 is 0 Å². The molecule has 0 saturated carbocycles. The van der Waals surface area contributed by atoms with Gasteiger partial charge < -0.3 is 19.3 Å². The molecule has 7 nitrogen and oxygen atoms in total. The molecule has 0 saturated heterocycles. The van der Waals surface area contributed by atoms with E-state index in [0.29, 0.717) is 27.9 Å². The van der Waals surface area contributed by atoms with Crippen molar-refractivity contribution >= 4 is 45.6 Å². The number of benzene rings is 2. The molecular formula is C26H25NO6S. The number of furan rings is 1. The molecule has 2 aromatic heterocycles. The zero-order valence-electron chi connectivity index (χ0n) is 19.1. The first-order chi connectivity index (χ1) is 16.3. The van der Waals surface area contributed by atoms with Crippen LogP contribution in [0.15, 0.2) is 56.3 Å². The first-order valence-corrected chi connectivity index (χ1v) is 12.0. The maximum atomic E-state index is 12.7. The van der Waals surface area contributed by atoms with E-state index in [9.17, 15) is 19.5 Å². The topological polar surface area (TPSA) is 110 Å². The first-order valence-electron chi connectivity index (χ1n) is 10.8. The molecule has 4 rings (SSSR count). The lowest BCUT2D eigenvalue weighted by Gasteiger charge is -2.15. The maximum Gasteiger partial charge on any atom is 0.340 e. The zero-order valence-corrected chi connectivity index (χ0v) is 20.0. The van der Waals surface area contributed by atoms with E-state index < -0.39 is 23.5 Å². The van der Waals surface area contributed by atoms with Gasteiger partial charge in [-0.2, -0.15) is 11.8 Å². The average Bonchev–Trinajstić information content (AvgIpc) is 3.18. The van der Waals surface area contributed by atoms with Gasteiger partial charge in [0.15, 0.2) is 0 Å². The number of carboxylic acid groups (broad SMARTS) is 1. The van der Waals surface area contributed by atoms with Crippen LogP contribution in [-0.4, -0.2) is 28.8 Å². The number of carbonyl (C=O) groups is 2. The third kappa shape index (κ3) is 4.72. The highest BCUT2D eigenvalue weighted by Crippen LogP contribution is 2.34. The number of aryl methyl sites for hydroxylation is 3. The van der Waals surface area contributed by atoms with Crippen LogP contribution in [0, 0.1) is 20.8 Å². The number of aliphatic carboxylic acids is 1. The highest BCUT2D eigenvalue weighted by atomic mass is 32.2. The summed E-state index contributed by atoms with van der Waals surface area (Å²) in [6.45, 7) is 5.61. The SMILES string of the molecule is Cc1coc2c1c(C)cc1oc(=O)c(CC(=O)NC(CSCc3ccccc3)C(=O)O)c(C)c12. The average molecular weight is 480 g/mol. The number of carbonyl (C=O) groups excluding carboxylic acids is 1. The van der Waals surface area contributed by atoms with Gasteiger partial charge in [0.2, 0.25) is 5.91 Å². The lowest BCUT2D eigenvalue weighted by atomic mass is 9.98. The normalized spacial score (nSPS) is 12.2. The quantitative estimate of drug-likeness (QED) is 0.358. The summed E-state index contributed by atoms with van der Waals surface area (Å²) in [7, 11) is 0. The molecule has 0 aliphatic carbocycles. The molecule has 4 aromatic rings. The number of carboxylic acids is 1. The first kappa shape index (κ1) is 23.6. The molecular weight excluding hydrogens is 454 g/mol. The van der Waals surface area contributed by atoms with Crippen LogP contribution in [0.5, 0.6) is 0 Å². The van der Waals surface area contributed by atoms with Crippen molar-refractivity contribution in [2.45, 2.75) is 39.0 Å². The second kappa shape index (κ2) is 9.77. The Morgan fingerprint density at radius 1 is 1.09 bits per heavy atom. The predicted octanol–water partition coefficient (Wildman–Crippen LogP) is 4.51. The highest BCUT2D eigenvalue weighted by Gasteiger charge is 2.23. The number of amides is 1. The van der Waals surface area contributed by atoms with Crippen LogP contribution in [0.3, 0.4) is 0 Å². The van der Waals surface area contributed by atoms with E-state index in [1.54, 1.807) is 19.3 Å². The molecule has 2 N–H and O–H groups in total. The lowest BCUT2D eigenvalue weighted by molar-refractivity contribution is -0.141. The minimum atomic E-state index is -1.13. The number of hydrogen-bond acceptors (Lipinski definition) is 6. The Morgan fingerprint density at radius 2 is 1.82 bits per heavy atom.